The van der Waals surface area contributed by atoms with Crippen LogP contribution in [0.5, 0.6) is 0 Å². The van der Waals surface area contributed by atoms with Crippen molar-refractivity contribution < 1.29 is 12.9 Å². The molecule has 2 heterocycles. The molecule has 0 spiro atoms. The maximum Gasteiger partial charge on any atom is 0.220 e. The summed E-state index contributed by atoms with van der Waals surface area (Å²) in [5.41, 5.74) is 0.436. The summed E-state index contributed by atoms with van der Waals surface area (Å²) >= 11 is 0. The van der Waals surface area contributed by atoms with Crippen molar-refractivity contribution in [2.75, 3.05) is 46.3 Å². The average Bonchev–Trinajstić information content (AvgIpc) is 3.42. The van der Waals surface area contributed by atoms with Crippen molar-refractivity contribution in [1.82, 2.24) is 24.6 Å². The third-order valence-electron chi connectivity index (χ3n) is 5.41. The van der Waals surface area contributed by atoms with E-state index in [4.69, 9.17) is 9.52 Å². The molecule has 3 rings (SSSR count). The molecule has 1 aliphatic carbocycles. The molecule has 10 heteroatoms. The van der Waals surface area contributed by atoms with Gasteiger partial charge in [0.1, 0.15) is 12.0 Å². The van der Waals surface area contributed by atoms with Crippen molar-refractivity contribution in [3.05, 3.63) is 18.0 Å². The van der Waals surface area contributed by atoms with Gasteiger partial charge in [0, 0.05) is 50.9 Å². The summed E-state index contributed by atoms with van der Waals surface area (Å²) in [6.45, 7) is 7.92. The molecule has 158 valence electrons. The van der Waals surface area contributed by atoms with Crippen LogP contribution in [0.4, 0.5) is 0 Å². The molecule has 1 unspecified atom stereocenters. The van der Waals surface area contributed by atoms with E-state index in [9.17, 15) is 8.42 Å². The summed E-state index contributed by atoms with van der Waals surface area (Å²) in [5, 5.41) is 7.06. The first-order valence-corrected chi connectivity index (χ1v) is 11.6. The molecule has 1 N–H and O–H groups in total. The van der Waals surface area contributed by atoms with E-state index >= 15 is 0 Å². The third-order valence-corrected chi connectivity index (χ3v) is 7.22. The van der Waals surface area contributed by atoms with Crippen LogP contribution in [0.15, 0.2) is 21.8 Å². The number of aliphatic imine (C=N–C) groups is 1. The fraction of sp³-hybridized carbons (Fsp3) is 0.778. The highest BCUT2D eigenvalue weighted by molar-refractivity contribution is 7.88. The average molecular weight is 413 g/mol. The molecule has 1 saturated heterocycles. The van der Waals surface area contributed by atoms with E-state index in [2.05, 4.69) is 34.2 Å². The molecule has 28 heavy (non-hydrogen) atoms. The highest BCUT2D eigenvalue weighted by Gasteiger charge is 2.30. The number of hydrogen-bond acceptors (Lipinski definition) is 6. The first-order valence-electron chi connectivity index (χ1n) is 10.0. The molecule has 1 aromatic rings. The number of nitrogens with one attached hydrogen (secondary N) is 1. The first-order chi connectivity index (χ1) is 13.4. The van der Waals surface area contributed by atoms with Crippen LogP contribution in [-0.4, -0.2) is 92.0 Å². The zero-order valence-corrected chi connectivity index (χ0v) is 17.9. The summed E-state index contributed by atoms with van der Waals surface area (Å²) in [4.78, 5) is 9.37. The minimum atomic E-state index is -3.39. The van der Waals surface area contributed by atoms with Crippen molar-refractivity contribution in [2.24, 2.45) is 4.99 Å². The second-order valence-electron chi connectivity index (χ2n) is 7.57. The van der Waals surface area contributed by atoms with Gasteiger partial charge in [-0.05, 0) is 33.7 Å². The third kappa shape index (κ3) is 5.45. The molecule has 1 atom stereocenters. The van der Waals surface area contributed by atoms with Crippen LogP contribution in [0.3, 0.4) is 0 Å². The van der Waals surface area contributed by atoms with Gasteiger partial charge in [0.2, 0.25) is 10.0 Å². The number of rotatable bonds is 8. The summed E-state index contributed by atoms with van der Waals surface area (Å²) < 4.78 is 31.4. The lowest BCUT2D eigenvalue weighted by atomic mass is 10.3. The SMILES string of the molecule is CCNC(=NCC(C)N(C)C1CC1)N1CCN(S(=O)(=O)Cc2ccon2)CC1. The molecule has 1 aromatic heterocycles. The molecule has 9 nitrogen and oxygen atoms in total. The van der Waals surface area contributed by atoms with Gasteiger partial charge in [-0.15, -0.1) is 0 Å². The topological polar surface area (TPSA) is 94.3 Å². The molecule has 2 fully saturated rings. The fourth-order valence-electron chi connectivity index (χ4n) is 3.38. The Balaban J connectivity index is 1.55. The van der Waals surface area contributed by atoms with E-state index in [1.165, 1.54) is 23.4 Å². The van der Waals surface area contributed by atoms with E-state index < -0.39 is 10.0 Å². The van der Waals surface area contributed by atoms with Gasteiger partial charge >= 0.3 is 0 Å². The molecule has 0 aromatic carbocycles. The monoisotopic (exact) mass is 412 g/mol. The lowest BCUT2D eigenvalue weighted by Gasteiger charge is -2.36. The van der Waals surface area contributed by atoms with Crippen molar-refractivity contribution in [3.63, 3.8) is 0 Å². The lowest BCUT2D eigenvalue weighted by molar-refractivity contribution is 0.246. The highest BCUT2D eigenvalue weighted by Crippen LogP contribution is 2.26. The Labute approximate surface area is 167 Å². The van der Waals surface area contributed by atoms with Crippen molar-refractivity contribution in [1.29, 1.82) is 0 Å². The number of hydrogen-bond donors (Lipinski definition) is 1. The first kappa shape index (κ1) is 21.1. The molecule has 0 radical (unpaired) electrons. The van der Waals surface area contributed by atoms with Gasteiger partial charge in [0.05, 0.1) is 12.2 Å². The van der Waals surface area contributed by atoms with Gasteiger partial charge in [-0.2, -0.15) is 4.31 Å². The van der Waals surface area contributed by atoms with Crippen molar-refractivity contribution >= 4 is 16.0 Å². The maximum atomic E-state index is 12.6. The van der Waals surface area contributed by atoms with Crippen LogP contribution >= 0.6 is 0 Å². The molecule has 2 aliphatic rings. The van der Waals surface area contributed by atoms with E-state index in [1.807, 2.05) is 6.92 Å². The summed E-state index contributed by atoms with van der Waals surface area (Å²) in [6.07, 6.45) is 3.97. The van der Waals surface area contributed by atoms with Gasteiger partial charge < -0.3 is 14.7 Å². The maximum absolute atomic E-state index is 12.6. The van der Waals surface area contributed by atoms with Crippen LogP contribution in [0, 0.1) is 0 Å². The Morgan fingerprint density at radius 2 is 2.11 bits per heavy atom. The lowest BCUT2D eigenvalue weighted by Crippen LogP contribution is -2.54. The van der Waals surface area contributed by atoms with Crippen LogP contribution in [-0.2, 0) is 15.8 Å². The number of piperazine rings is 1. The van der Waals surface area contributed by atoms with Crippen molar-refractivity contribution in [2.45, 2.75) is 44.5 Å². The minimum absolute atomic E-state index is 0.122. The quantitative estimate of drug-likeness (QED) is 0.493. The number of guanidine groups is 1. The zero-order chi connectivity index (χ0) is 20.1. The Morgan fingerprint density at radius 3 is 2.68 bits per heavy atom. The van der Waals surface area contributed by atoms with E-state index in [1.54, 1.807) is 6.07 Å². The van der Waals surface area contributed by atoms with E-state index in [-0.39, 0.29) is 5.75 Å². The number of nitrogens with zero attached hydrogens (tertiary/aromatic N) is 5. The van der Waals surface area contributed by atoms with E-state index in [0.717, 1.165) is 19.0 Å². The van der Waals surface area contributed by atoms with Crippen LogP contribution in [0.2, 0.25) is 0 Å². The van der Waals surface area contributed by atoms with Crippen LogP contribution in [0.1, 0.15) is 32.4 Å². The van der Waals surface area contributed by atoms with Crippen LogP contribution < -0.4 is 5.32 Å². The van der Waals surface area contributed by atoms with Gasteiger partial charge in [-0.1, -0.05) is 5.16 Å². The molecular weight excluding hydrogens is 380 g/mol. The highest BCUT2D eigenvalue weighted by atomic mass is 32.2. The Bertz CT molecular complexity index is 739. The molecule has 1 aliphatic heterocycles. The minimum Gasteiger partial charge on any atom is -0.364 e. The van der Waals surface area contributed by atoms with Crippen LogP contribution in [0.25, 0.3) is 0 Å². The van der Waals surface area contributed by atoms with Crippen molar-refractivity contribution in [3.8, 4) is 0 Å². The standard InChI is InChI=1S/C18H32N6O3S/c1-4-19-18(20-13-15(2)22(3)17-5-6-17)23-8-10-24(11-9-23)28(25,26)14-16-7-12-27-21-16/h7,12,15,17H,4-6,8-11,13-14H2,1-3H3,(H,19,20). The number of likely N-dealkylation sites (N-methyl/N-ethyl adjacent to an activating group) is 1. The fourth-order valence-corrected chi connectivity index (χ4v) is 4.81. The number of aromatic nitrogens is 1. The Hall–Kier alpha value is -1.65. The predicted octanol–water partition coefficient (Wildman–Crippen LogP) is 0.570. The van der Waals surface area contributed by atoms with Gasteiger partial charge in [-0.25, -0.2) is 8.42 Å². The predicted molar refractivity (Wildman–Crippen MR) is 108 cm³/mol. The van der Waals surface area contributed by atoms with Gasteiger partial charge in [0.15, 0.2) is 5.96 Å². The largest absolute Gasteiger partial charge is 0.364 e. The molecule has 0 amide bonds. The molecule has 0 bridgehead atoms. The van der Waals surface area contributed by atoms with Gasteiger partial charge in [0.25, 0.3) is 0 Å². The second kappa shape index (κ2) is 9.23. The normalized spacial score (nSPS) is 20.6. The number of sulfonamides is 1. The molecule has 1 saturated carbocycles. The summed E-state index contributed by atoms with van der Waals surface area (Å²) in [6, 6.07) is 2.69. The summed E-state index contributed by atoms with van der Waals surface area (Å²) in [7, 11) is -1.22. The smallest absolute Gasteiger partial charge is 0.220 e. The van der Waals surface area contributed by atoms with Gasteiger partial charge in [-0.3, -0.25) is 9.89 Å². The molecular formula is C18H32N6O3S. The second-order valence-corrected chi connectivity index (χ2v) is 9.54. The van der Waals surface area contributed by atoms with E-state index in [0.29, 0.717) is 44.0 Å². The zero-order valence-electron chi connectivity index (χ0n) is 17.0. The Kier molecular flexibility index (Phi) is 6.95. The Morgan fingerprint density at radius 1 is 1.39 bits per heavy atom. The summed E-state index contributed by atoms with van der Waals surface area (Å²) in [5.74, 6) is 0.745.